The summed E-state index contributed by atoms with van der Waals surface area (Å²) < 4.78 is 11.2. The quantitative estimate of drug-likeness (QED) is 0.330. The molecule has 0 saturated heterocycles. The third-order valence-corrected chi connectivity index (χ3v) is 4.21. The fraction of sp³-hybridized carbons (Fsp3) is 0.0870. The number of carbonyl (C=O) groups is 1. The summed E-state index contributed by atoms with van der Waals surface area (Å²) in [6, 6.07) is 21.0. The van der Waals surface area contributed by atoms with E-state index in [1.807, 2.05) is 30.3 Å². The highest BCUT2D eigenvalue weighted by Crippen LogP contribution is 2.29. The first-order valence-electron chi connectivity index (χ1n) is 9.14. The van der Waals surface area contributed by atoms with E-state index in [2.05, 4.69) is 5.32 Å². The lowest BCUT2D eigenvalue weighted by Crippen LogP contribution is -2.09. The third kappa shape index (κ3) is 5.45. The van der Waals surface area contributed by atoms with Crippen molar-refractivity contribution in [2.24, 2.45) is 0 Å². The van der Waals surface area contributed by atoms with Gasteiger partial charge in [-0.3, -0.25) is 14.9 Å². The maximum absolute atomic E-state index is 12.2. The number of anilines is 1. The molecule has 30 heavy (non-hydrogen) atoms. The SMILES string of the molecule is COc1cc(/C=C/C(=O)Nc2ccccc2[N+](=O)[O-])ccc1OCc1ccccc1. The molecular formula is C23H20N2O5. The Morgan fingerprint density at radius 2 is 1.77 bits per heavy atom. The molecule has 0 saturated carbocycles. The Hall–Kier alpha value is -4.13. The Labute approximate surface area is 173 Å². The van der Waals surface area contributed by atoms with Crippen molar-refractivity contribution in [1.82, 2.24) is 0 Å². The molecule has 0 heterocycles. The van der Waals surface area contributed by atoms with Crippen molar-refractivity contribution in [1.29, 1.82) is 0 Å². The number of amides is 1. The van der Waals surface area contributed by atoms with Gasteiger partial charge < -0.3 is 14.8 Å². The van der Waals surface area contributed by atoms with E-state index in [1.54, 1.807) is 37.5 Å². The van der Waals surface area contributed by atoms with Gasteiger partial charge in [-0.05, 0) is 35.4 Å². The summed E-state index contributed by atoms with van der Waals surface area (Å²) in [5, 5.41) is 13.6. The van der Waals surface area contributed by atoms with Crippen LogP contribution in [-0.4, -0.2) is 17.9 Å². The molecule has 0 aromatic heterocycles. The van der Waals surface area contributed by atoms with Gasteiger partial charge in [0.05, 0.1) is 12.0 Å². The Morgan fingerprint density at radius 3 is 2.50 bits per heavy atom. The van der Waals surface area contributed by atoms with Crippen LogP contribution >= 0.6 is 0 Å². The molecule has 0 radical (unpaired) electrons. The monoisotopic (exact) mass is 404 g/mol. The first-order valence-corrected chi connectivity index (χ1v) is 9.14. The number of nitro groups is 1. The van der Waals surface area contributed by atoms with Crippen LogP contribution in [0, 0.1) is 10.1 Å². The number of hydrogen-bond donors (Lipinski definition) is 1. The second-order valence-corrected chi connectivity index (χ2v) is 6.28. The fourth-order valence-electron chi connectivity index (χ4n) is 2.73. The van der Waals surface area contributed by atoms with E-state index >= 15 is 0 Å². The first kappa shape index (κ1) is 20.6. The van der Waals surface area contributed by atoms with Gasteiger partial charge in [-0.25, -0.2) is 0 Å². The van der Waals surface area contributed by atoms with Crippen LogP contribution in [0.1, 0.15) is 11.1 Å². The van der Waals surface area contributed by atoms with Crippen LogP contribution in [0.2, 0.25) is 0 Å². The number of ether oxygens (including phenoxy) is 2. The van der Waals surface area contributed by atoms with Gasteiger partial charge in [-0.2, -0.15) is 0 Å². The zero-order chi connectivity index (χ0) is 21.3. The van der Waals surface area contributed by atoms with Crippen LogP contribution in [-0.2, 0) is 11.4 Å². The van der Waals surface area contributed by atoms with Crippen LogP contribution in [0.4, 0.5) is 11.4 Å². The minimum atomic E-state index is -0.543. The van der Waals surface area contributed by atoms with Gasteiger partial charge in [0.25, 0.3) is 5.69 Å². The number of nitro benzene ring substituents is 1. The number of rotatable bonds is 8. The molecule has 0 spiro atoms. The van der Waals surface area contributed by atoms with Crippen LogP contribution < -0.4 is 14.8 Å². The van der Waals surface area contributed by atoms with Crippen molar-refractivity contribution in [2.45, 2.75) is 6.61 Å². The molecule has 7 heteroatoms. The summed E-state index contributed by atoms with van der Waals surface area (Å²) in [5.74, 6) is 0.641. The van der Waals surface area contributed by atoms with Gasteiger partial charge in [0.1, 0.15) is 12.3 Å². The Kier molecular flexibility index (Phi) is 6.78. The Bertz CT molecular complexity index is 1060. The molecule has 3 aromatic carbocycles. The molecule has 1 amide bonds. The second-order valence-electron chi connectivity index (χ2n) is 6.28. The van der Waals surface area contributed by atoms with Crippen molar-refractivity contribution >= 4 is 23.4 Å². The molecule has 7 nitrogen and oxygen atoms in total. The lowest BCUT2D eigenvalue weighted by Gasteiger charge is -2.11. The molecule has 3 rings (SSSR count). The molecule has 0 fully saturated rings. The van der Waals surface area contributed by atoms with E-state index in [1.165, 1.54) is 24.3 Å². The summed E-state index contributed by atoms with van der Waals surface area (Å²) in [5.41, 5.74) is 1.73. The molecule has 0 aliphatic carbocycles. The summed E-state index contributed by atoms with van der Waals surface area (Å²) in [4.78, 5) is 22.7. The maximum Gasteiger partial charge on any atom is 0.292 e. The van der Waals surface area contributed by atoms with Crippen LogP contribution in [0.5, 0.6) is 11.5 Å². The fourth-order valence-corrected chi connectivity index (χ4v) is 2.73. The lowest BCUT2D eigenvalue weighted by atomic mass is 10.2. The van der Waals surface area contributed by atoms with E-state index in [9.17, 15) is 14.9 Å². The molecule has 0 aliphatic rings. The zero-order valence-corrected chi connectivity index (χ0v) is 16.3. The molecular weight excluding hydrogens is 384 g/mol. The predicted molar refractivity (Wildman–Crippen MR) is 115 cm³/mol. The average molecular weight is 404 g/mol. The molecule has 0 aliphatic heterocycles. The zero-order valence-electron chi connectivity index (χ0n) is 16.3. The second kappa shape index (κ2) is 9.88. The standard InChI is InChI=1S/C23H20N2O5/c1-29-22-15-17(11-13-21(22)30-16-18-7-3-2-4-8-18)12-14-23(26)24-19-9-5-6-10-20(19)25(27)28/h2-15H,16H2,1H3,(H,24,26)/b14-12+. The minimum absolute atomic E-state index is 0.138. The highest BCUT2D eigenvalue weighted by atomic mass is 16.6. The van der Waals surface area contributed by atoms with Crippen molar-refractivity contribution in [3.05, 3.63) is 100 Å². The smallest absolute Gasteiger partial charge is 0.292 e. The Balaban J connectivity index is 1.67. The normalized spacial score (nSPS) is 10.6. The number of methoxy groups -OCH3 is 1. The minimum Gasteiger partial charge on any atom is -0.493 e. The Morgan fingerprint density at radius 1 is 1.03 bits per heavy atom. The topological polar surface area (TPSA) is 90.7 Å². The molecule has 0 unspecified atom stereocenters. The molecule has 0 atom stereocenters. The predicted octanol–water partition coefficient (Wildman–Crippen LogP) is 4.83. The third-order valence-electron chi connectivity index (χ3n) is 4.21. The van der Waals surface area contributed by atoms with Gasteiger partial charge in [0.2, 0.25) is 5.91 Å². The maximum atomic E-state index is 12.2. The number of nitrogens with zero attached hydrogens (tertiary/aromatic N) is 1. The van der Waals surface area contributed by atoms with E-state index in [-0.39, 0.29) is 11.4 Å². The van der Waals surface area contributed by atoms with Gasteiger partial charge in [0, 0.05) is 12.1 Å². The molecule has 152 valence electrons. The van der Waals surface area contributed by atoms with Crippen molar-refractivity contribution in [3.63, 3.8) is 0 Å². The number of hydrogen-bond acceptors (Lipinski definition) is 5. The van der Waals surface area contributed by atoms with Crippen LogP contribution in [0.3, 0.4) is 0 Å². The summed E-state index contributed by atoms with van der Waals surface area (Å²) in [7, 11) is 1.54. The van der Waals surface area contributed by atoms with Gasteiger partial charge in [0.15, 0.2) is 11.5 Å². The van der Waals surface area contributed by atoms with E-state index in [0.717, 1.165) is 11.1 Å². The summed E-state index contributed by atoms with van der Waals surface area (Å²) in [6.07, 6.45) is 2.89. The first-order chi connectivity index (χ1) is 14.6. The van der Waals surface area contributed by atoms with E-state index < -0.39 is 10.8 Å². The average Bonchev–Trinajstić information content (AvgIpc) is 2.77. The highest BCUT2D eigenvalue weighted by molar-refractivity contribution is 6.03. The number of carbonyl (C=O) groups excluding carboxylic acids is 1. The van der Waals surface area contributed by atoms with Crippen LogP contribution in [0.25, 0.3) is 6.08 Å². The number of nitrogens with one attached hydrogen (secondary N) is 1. The summed E-state index contributed by atoms with van der Waals surface area (Å²) in [6.45, 7) is 0.407. The van der Waals surface area contributed by atoms with Crippen molar-refractivity contribution in [3.8, 4) is 11.5 Å². The number of para-hydroxylation sites is 2. The molecule has 3 aromatic rings. The van der Waals surface area contributed by atoms with E-state index in [0.29, 0.717) is 18.1 Å². The highest BCUT2D eigenvalue weighted by Gasteiger charge is 2.13. The molecule has 0 bridgehead atoms. The molecule has 1 N–H and O–H groups in total. The van der Waals surface area contributed by atoms with E-state index in [4.69, 9.17) is 9.47 Å². The lowest BCUT2D eigenvalue weighted by molar-refractivity contribution is -0.383. The van der Waals surface area contributed by atoms with Crippen molar-refractivity contribution in [2.75, 3.05) is 12.4 Å². The number of benzene rings is 3. The van der Waals surface area contributed by atoms with Crippen molar-refractivity contribution < 1.29 is 19.2 Å². The summed E-state index contributed by atoms with van der Waals surface area (Å²) >= 11 is 0. The van der Waals surface area contributed by atoms with Crippen LogP contribution in [0.15, 0.2) is 78.9 Å². The van der Waals surface area contributed by atoms with Gasteiger partial charge in [-0.1, -0.05) is 48.5 Å². The largest absolute Gasteiger partial charge is 0.493 e. The van der Waals surface area contributed by atoms with Gasteiger partial charge >= 0.3 is 0 Å². The van der Waals surface area contributed by atoms with Gasteiger partial charge in [-0.15, -0.1) is 0 Å².